The molecule has 1 heterocycles. The van der Waals surface area contributed by atoms with Crippen LogP contribution in [-0.4, -0.2) is 62.8 Å². The van der Waals surface area contributed by atoms with Crippen LogP contribution in [0.2, 0.25) is 0 Å². The lowest BCUT2D eigenvalue weighted by molar-refractivity contribution is 0.146. The molecule has 1 fully saturated rings. The first-order valence-electron chi connectivity index (χ1n) is 9.61. The molecule has 0 aliphatic carbocycles. The van der Waals surface area contributed by atoms with Crippen LogP contribution < -0.4 is 10.6 Å². The van der Waals surface area contributed by atoms with E-state index in [1.807, 2.05) is 6.92 Å². The fourth-order valence-corrected chi connectivity index (χ4v) is 2.98. The van der Waals surface area contributed by atoms with Crippen LogP contribution in [0.15, 0.2) is 4.99 Å². The van der Waals surface area contributed by atoms with Crippen LogP contribution in [0.25, 0.3) is 0 Å². The van der Waals surface area contributed by atoms with E-state index in [-0.39, 0.29) is 24.0 Å². The molecule has 0 bridgehead atoms. The first kappa shape index (κ1) is 23.9. The van der Waals surface area contributed by atoms with E-state index >= 15 is 0 Å². The second-order valence-electron chi connectivity index (χ2n) is 6.33. The molecule has 0 aromatic heterocycles. The Hall–Kier alpha value is -0.0800. The molecule has 0 radical (unpaired) electrons. The first-order valence-corrected chi connectivity index (χ1v) is 9.61. The number of hydrogen-bond donors (Lipinski definition) is 2. The maximum atomic E-state index is 5.34. The average Bonchev–Trinajstić information content (AvgIpc) is 2.55. The van der Waals surface area contributed by atoms with E-state index in [2.05, 4.69) is 34.4 Å². The molecular weight excluding hydrogens is 415 g/mol. The number of likely N-dealkylation sites (tertiary alicyclic amines) is 1. The Bertz CT molecular complexity index is 315. The Morgan fingerprint density at radius 3 is 2.71 bits per heavy atom. The summed E-state index contributed by atoms with van der Waals surface area (Å²) in [5.74, 6) is 0.940. The quantitative estimate of drug-likeness (QED) is 0.218. The average molecular weight is 454 g/mol. The van der Waals surface area contributed by atoms with E-state index in [0.29, 0.717) is 0 Å². The maximum Gasteiger partial charge on any atom is 0.191 e. The number of guanidine groups is 1. The van der Waals surface area contributed by atoms with Gasteiger partial charge in [-0.15, -0.1) is 24.0 Å². The van der Waals surface area contributed by atoms with Crippen LogP contribution in [-0.2, 0) is 4.74 Å². The van der Waals surface area contributed by atoms with Crippen molar-refractivity contribution in [1.82, 2.24) is 15.5 Å². The number of piperidine rings is 1. The first-order chi connectivity index (χ1) is 11.3. The van der Waals surface area contributed by atoms with Crippen LogP contribution in [0.5, 0.6) is 0 Å². The monoisotopic (exact) mass is 454 g/mol. The number of nitrogens with one attached hydrogen (secondary N) is 2. The van der Waals surface area contributed by atoms with Crippen molar-refractivity contribution in [2.45, 2.75) is 65.3 Å². The number of halogens is 1. The Balaban J connectivity index is 0.00000529. The predicted molar refractivity (Wildman–Crippen MR) is 115 cm³/mol. The van der Waals surface area contributed by atoms with Crippen molar-refractivity contribution in [2.75, 3.05) is 45.9 Å². The lowest BCUT2D eigenvalue weighted by Gasteiger charge is -2.33. The highest BCUT2D eigenvalue weighted by atomic mass is 127. The van der Waals surface area contributed by atoms with E-state index < -0.39 is 0 Å². The summed E-state index contributed by atoms with van der Waals surface area (Å²) in [7, 11) is 0. The van der Waals surface area contributed by atoms with Crippen LogP contribution in [0.4, 0.5) is 0 Å². The molecule has 1 aliphatic heterocycles. The van der Waals surface area contributed by atoms with E-state index in [1.54, 1.807) is 0 Å². The van der Waals surface area contributed by atoms with Crippen molar-refractivity contribution in [3.05, 3.63) is 0 Å². The molecule has 2 N–H and O–H groups in total. The van der Waals surface area contributed by atoms with Crippen molar-refractivity contribution in [1.29, 1.82) is 0 Å². The summed E-state index contributed by atoms with van der Waals surface area (Å²) < 4.78 is 5.34. The molecule has 144 valence electrons. The SMILES string of the molecule is CCNC(=NCCCOCC)NCCCCN1CCCCC1C.I. The van der Waals surface area contributed by atoms with Crippen molar-refractivity contribution < 1.29 is 4.74 Å². The van der Waals surface area contributed by atoms with Gasteiger partial charge in [0.05, 0.1) is 0 Å². The van der Waals surface area contributed by atoms with Crippen LogP contribution in [0.1, 0.15) is 59.3 Å². The van der Waals surface area contributed by atoms with E-state index in [9.17, 15) is 0 Å². The van der Waals surface area contributed by atoms with Gasteiger partial charge in [-0.25, -0.2) is 0 Å². The lowest BCUT2D eigenvalue weighted by Crippen LogP contribution is -2.39. The molecule has 0 aromatic rings. The minimum Gasteiger partial charge on any atom is -0.382 e. The van der Waals surface area contributed by atoms with Crippen LogP contribution >= 0.6 is 24.0 Å². The van der Waals surface area contributed by atoms with Crippen LogP contribution in [0.3, 0.4) is 0 Å². The normalized spacial score (nSPS) is 19.0. The molecule has 0 saturated carbocycles. The lowest BCUT2D eigenvalue weighted by atomic mass is 10.0. The molecule has 1 saturated heterocycles. The second-order valence-corrected chi connectivity index (χ2v) is 6.33. The summed E-state index contributed by atoms with van der Waals surface area (Å²) in [4.78, 5) is 7.24. The van der Waals surface area contributed by atoms with Gasteiger partial charge in [0.2, 0.25) is 0 Å². The van der Waals surface area contributed by atoms with Crippen LogP contribution in [0, 0.1) is 0 Å². The molecule has 1 rings (SSSR count). The van der Waals surface area contributed by atoms with Gasteiger partial charge in [0, 0.05) is 38.9 Å². The topological polar surface area (TPSA) is 48.9 Å². The standard InChI is InChI=1S/C18H38N4O.HI/c1-4-19-18(21-13-10-16-23-5-2)20-12-7-9-15-22-14-8-6-11-17(22)3;/h17H,4-16H2,1-3H3,(H2,19,20,21);1H. The Morgan fingerprint density at radius 1 is 1.17 bits per heavy atom. The highest BCUT2D eigenvalue weighted by Gasteiger charge is 2.16. The van der Waals surface area contributed by atoms with Gasteiger partial charge in [0.25, 0.3) is 0 Å². The molecule has 1 unspecified atom stereocenters. The summed E-state index contributed by atoms with van der Waals surface area (Å²) in [6, 6.07) is 0.779. The largest absolute Gasteiger partial charge is 0.382 e. The van der Waals surface area contributed by atoms with E-state index in [1.165, 1.54) is 45.2 Å². The minimum absolute atomic E-state index is 0. The van der Waals surface area contributed by atoms with Crippen molar-refractivity contribution in [2.24, 2.45) is 4.99 Å². The van der Waals surface area contributed by atoms with Crippen molar-refractivity contribution >= 4 is 29.9 Å². The van der Waals surface area contributed by atoms with E-state index in [4.69, 9.17) is 4.74 Å². The summed E-state index contributed by atoms with van der Waals surface area (Å²) >= 11 is 0. The number of aliphatic imine (C=N–C) groups is 1. The molecule has 0 aromatic carbocycles. The molecule has 0 amide bonds. The number of unbranched alkanes of at least 4 members (excludes halogenated alkanes) is 1. The number of nitrogens with zero attached hydrogens (tertiary/aromatic N) is 2. The van der Waals surface area contributed by atoms with Gasteiger partial charge >= 0.3 is 0 Å². The third kappa shape index (κ3) is 11.5. The number of rotatable bonds is 11. The fraction of sp³-hybridized carbons (Fsp3) is 0.944. The number of hydrogen-bond acceptors (Lipinski definition) is 3. The highest BCUT2D eigenvalue weighted by Crippen LogP contribution is 2.16. The molecule has 24 heavy (non-hydrogen) atoms. The third-order valence-electron chi connectivity index (χ3n) is 4.37. The Morgan fingerprint density at radius 2 is 2.00 bits per heavy atom. The summed E-state index contributed by atoms with van der Waals surface area (Å²) in [6.45, 7) is 13.3. The summed E-state index contributed by atoms with van der Waals surface area (Å²) in [5.41, 5.74) is 0. The third-order valence-corrected chi connectivity index (χ3v) is 4.37. The van der Waals surface area contributed by atoms with Crippen molar-refractivity contribution in [3.8, 4) is 0 Å². The minimum atomic E-state index is 0. The summed E-state index contributed by atoms with van der Waals surface area (Å²) in [6.07, 6.45) is 7.61. The molecule has 5 nitrogen and oxygen atoms in total. The Labute approximate surface area is 166 Å². The van der Waals surface area contributed by atoms with Gasteiger partial charge < -0.3 is 20.3 Å². The zero-order valence-electron chi connectivity index (χ0n) is 16.0. The van der Waals surface area contributed by atoms with Gasteiger partial charge in [-0.2, -0.15) is 0 Å². The second kappa shape index (κ2) is 16.4. The molecule has 1 aliphatic rings. The highest BCUT2D eigenvalue weighted by molar-refractivity contribution is 14.0. The molecule has 0 spiro atoms. The maximum absolute atomic E-state index is 5.34. The predicted octanol–water partition coefficient (Wildman–Crippen LogP) is 3.24. The number of ether oxygens (including phenoxy) is 1. The van der Waals surface area contributed by atoms with Gasteiger partial charge in [0.1, 0.15) is 0 Å². The molecule has 1 atom stereocenters. The zero-order valence-corrected chi connectivity index (χ0v) is 18.3. The van der Waals surface area contributed by atoms with Crippen molar-refractivity contribution in [3.63, 3.8) is 0 Å². The molecular formula is C18H39IN4O. The zero-order chi connectivity index (χ0) is 16.8. The van der Waals surface area contributed by atoms with Gasteiger partial charge in [0.15, 0.2) is 5.96 Å². The summed E-state index contributed by atoms with van der Waals surface area (Å²) in [5, 5.41) is 6.75. The smallest absolute Gasteiger partial charge is 0.191 e. The molecule has 6 heteroatoms. The fourth-order valence-electron chi connectivity index (χ4n) is 2.98. The van der Waals surface area contributed by atoms with Gasteiger partial charge in [-0.05, 0) is 66.0 Å². The van der Waals surface area contributed by atoms with E-state index in [0.717, 1.165) is 51.3 Å². The van der Waals surface area contributed by atoms with Gasteiger partial charge in [-0.1, -0.05) is 6.42 Å². The van der Waals surface area contributed by atoms with Gasteiger partial charge in [-0.3, -0.25) is 4.99 Å². The Kier molecular flexibility index (Phi) is 16.3.